The molecule has 1 amide bonds. The van der Waals surface area contributed by atoms with Gasteiger partial charge in [-0.2, -0.15) is 0 Å². The predicted molar refractivity (Wildman–Crippen MR) is 76.8 cm³/mol. The minimum atomic E-state index is -0.770. The summed E-state index contributed by atoms with van der Waals surface area (Å²) in [6.45, 7) is 4.08. The van der Waals surface area contributed by atoms with Crippen LogP contribution in [0.15, 0.2) is 30.3 Å². The number of carbonyl (C=O) groups excluding carboxylic acids is 2. The zero-order valence-corrected chi connectivity index (χ0v) is 12.6. The van der Waals surface area contributed by atoms with Crippen LogP contribution in [0.5, 0.6) is 0 Å². The molecule has 6 heteroatoms. The van der Waals surface area contributed by atoms with E-state index in [1.54, 1.807) is 0 Å². The molecule has 6 nitrogen and oxygen atoms in total. The first-order valence-corrected chi connectivity index (χ1v) is 7.30. The lowest BCUT2D eigenvalue weighted by Crippen LogP contribution is -2.45. The van der Waals surface area contributed by atoms with Crippen molar-refractivity contribution in [3.8, 4) is 0 Å². The quantitative estimate of drug-likeness (QED) is 0.866. The maximum absolute atomic E-state index is 11.8. The largest absolute Gasteiger partial charge is 0.463 e. The Balaban J connectivity index is 1.72. The van der Waals surface area contributed by atoms with Gasteiger partial charge < -0.3 is 19.5 Å². The number of amides is 1. The third-order valence-electron chi connectivity index (χ3n) is 3.96. The molecule has 2 aliphatic heterocycles. The van der Waals surface area contributed by atoms with Gasteiger partial charge in [0.2, 0.25) is 6.29 Å². The molecule has 3 rings (SSSR count). The van der Waals surface area contributed by atoms with E-state index in [2.05, 4.69) is 5.32 Å². The maximum atomic E-state index is 11.8. The monoisotopic (exact) mass is 305 g/mol. The lowest BCUT2D eigenvalue weighted by atomic mass is 9.89. The number of alkyl carbamates (subject to hydrolysis) is 1. The van der Waals surface area contributed by atoms with Crippen LogP contribution in [0.3, 0.4) is 0 Å². The van der Waals surface area contributed by atoms with Crippen LogP contribution in [0.1, 0.15) is 31.9 Å². The van der Waals surface area contributed by atoms with E-state index in [9.17, 15) is 9.59 Å². The highest BCUT2D eigenvalue weighted by molar-refractivity contribution is 5.78. The summed E-state index contributed by atoms with van der Waals surface area (Å²) in [7, 11) is 0. The van der Waals surface area contributed by atoms with E-state index in [0.717, 1.165) is 5.56 Å². The molecule has 0 unspecified atom stereocenters. The summed E-state index contributed by atoms with van der Waals surface area (Å²) in [5.41, 5.74) is 0.539. The zero-order valence-electron chi connectivity index (χ0n) is 12.6. The van der Waals surface area contributed by atoms with Gasteiger partial charge in [0.1, 0.15) is 0 Å². The van der Waals surface area contributed by atoms with Gasteiger partial charge in [-0.15, -0.1) is 0 Å². The molecule has 118 valence electrons. The smallest absolute Gasteiger partial charge is 0.409 e. The summed E-state index contributed by atoms with van der Waals surface area (Å²) in [6.07, 6.45) is -1.60. The highest BCUT2D eigenvalue weighted by atomic mass is 16.7. The highest BCUT2D eigenvalue weighted by Crippen LogP contribution is 2.34. The van der Waals surface area contributed by atoms with Gasteiger partial charge in [-0.1, -0.05) is 44.2 Å². The van der Waals surface area contributed by atoms with E-state index in [-0.39, 0.29) is 6.04 Å². The second-order valence-electron chi connectivity index (χ2n) is 6.29. The topological polar surface area (TPSA) is 73.9 Å². The number of carbonyl (C=O) groups is 2. The Kier molecular flexibility index (Phi) is 3.78. The molecule has 0 saturated carbocycles. The molecule has 0 aromatic heterocycles. The van der Waals surface area contributed by atoms with Crippen molar-refractivity contribution in [1.29, 1.82) is 0 Å². The first kappa shape index (κ1) is 14.8. The average Bonchev–Trinajstić information content (AvgIpc) is 2.75. The normalized spacial score (nSPS) is 30.4. The molecule has 2 fully saturated rings. The average molecular weight is 305 g/mol. The molecular weight excluding hydrogens is 286 g/mol. The van der Waals surface area contributed by atoms with Crippen LogP contribution >= 0.6 is 0 Å². The van der Waals surface area contributed by atoms with E-state index in [4.69, 9.17) is 14.2 Å². The Morgan fingerprint density at radius 3 is 2.59 bits per heavy atom. The Hall–Kier alpha value is -2.08. The Morgan fingerprint density at radius 1 is 1.23 bits per heavy atom. The summed E-state index contributed by atoms with van der Waals surface area (Å²) in [6, 6.07) is 9.39. The number of nitrogens with one attached hydrogen (secondary N) is 1. The fraction of sp³-hybridized carbons (Fsp3) is 0.500. The van der Waals surface area contributed by atoms with Crippen LogP contribution in [-0.2, 0) is 19.0 Å². The number of cyclic esters (lactones) is 2. The highest BCUT2D eigenvalue weighted by Gasteiger charge is 2.47. The van der Waals surface area contributed by atoms with Gasteiger partial charge in [0.15, 0.2) is 6.10 Å². The van der Waals surface area contributed by atoms with Gasteiger partial charge in [0.05, 0.1) is 12.6 Å². The third kappa shape index (κ3) is 2.92. The number of hydrogen-bond donors (Lipinski definition) is 1. The SMILES string of the molecule is CC1(C)COC(=O)[C@@H]1O[C@H]1C[C@H](c2ccccc2)NC(=O)O1. The van der Waals surface area contributed by atoms with Gasteiger partial charge in [0, 0.05) is 11.8 Å². The van der Waals surface area contributed by atoms with E-state index in [1.165, 1.54) is 0 Å². The maximum Gasteiger partial charge on any atom is 0.409 e. The molecule has 1 aromatic carbocycles. The number of benzene rings is 1. The standard InChI is InChI=1S/C16H19NO5/c1-16(2)9-20-14(18)13(16)21-12-8-11(17-15(19)22-12)10-6-4-3-5-7-10/h3-7,11-13H,8-9H2,1-2H3,(H,17,19)/t11-,12-,13+/m1/s1. The molecular formula is C16H19NO5. The Morgan fingerprint density at radius 2 is 1.95 bits per heavy atom. The molecule has 1 N–H and O–H groups in total. The van der Waals surface area contributed by atoms with Crippen molar-refractivity contribution in [3.63, 3.8) is 0 Å². The third-order valence-corrected chi connectivity index (χ3v) is 3.96. The molecule has 3 atom stereocenters. The van der Waals surface area contributed by atoms with Crippen molar-refractivity contribution in [2.24, 2.45) is 5.41 Å². The van der Waals surface area contributed by atoms with Crippen molar-refractivity contribution < 1.29 is 23.8 Å². The first-order chi connectivity index (χ1) is 10.5. The second-order valence-corrected chi connectivity index (χ2v) is 6.29. The molecule has 0 radical (unpaired) electrons. The van der Waals surface area contributed by atoms with Crippen molar-refractivity contribution in [1.82, 2.24) is 5.32 Å². The summed E-state index contributed by atoms with van der Waals surface area (Å²) < 4.78 is 15.9. The van der Waals surface area contributed by atoms with Gasteiger partial charge in [-0.25, -0.2) is 9.59 Å². The van der Waals surface area contributed by atoms with Gasteiger partial charge in [-0.3, -0.25) is 0 Å². The minimum Gasteiger partial charge on any atom is -0.463 e. The first-order valence-electron chi connectivity index (χ1n) is 7.30. The van der Waals surface area contributed by atoms with E-state index >= 15 is 0 Å². The molecule has 2 heterocycles. The molecule has 0 bridgehead atoms. The lowest BCUT2D eigenvalue weighted by Gasteiger charge is -2.33. The Bertz CT molecular complexity index is 571. The molecule has 2 saturated heterocycles. The predicted octanol–water partition coefficient (Wildman–Crippen LogP) is 2.15. The van der Waals surface area contributed by atoms with Crippen LogP contribution in [-0.4, -0.2) is 31.1 Å². The molecule has 2 aliphatic rings. The summed E-state index contributed by atoms with van der Waals surface area (Å²) in [4.78, 5) is 23.5. The van der Waals surface area contributed by atoms with Crippen molar-refractivity contribution in [2.45, 2.75) is 38.7 Å². The van der Waals surface area contributed by atoms with Crippen molar-refractivity contribution in [3.05, 3.63) is 35.9 Å². The van der Waals surface area contributed by atoms with E-state index in [1.807, 2.05) is 44.2 Å². The lowest BCUT2D eigenvalue weighted by molar-refractivity contribution is -0.183. The second kappa shape index (κ2) is 5.61. The van der Waals surface area contributed by atoms with Crippen LogP contribution in [0.2, 0.25) is 0 Å². The van der Waals surface area contributed by atoms with Crippen molar-refractivity contribution >= 4 is 12.1 Å². The summed E-state index contributed by atoms with van der Waals surface area (Å²) in [5, 5.41) is 2.76. The van der Waals surface area contributed by atoms with Crippen LogP contribution in [0, 0.1) is 5.41 Å². The molecule has 0 aliphatic carbocycles. The van der Waals surface area contributed by atoms with Crippen molar-refractivity contribution in [2.75, 3.05) is 6.61 Å². The fourth-order valence-corrected chi connectivity index (χ4v) is 2.70. The van der Waals surface area contributed by atoms with E-state index < -0.39 is 29.9 Å². The Labute approximate surface area is 128 Å². The zero-order chi connectivity index (χ0) is 15.7. The fourth-order valence-electron chi connectivity index (χ4n) is 2.70. The van der Waals surface area contributed by atoms with Crippen LogP contribution in [0.4, 0.5) is 4.79 Å². The van der Waals surface area contributed by atoms with Gasteiger partial charge in [0.25, 0.3) is 0 Å². The van der Waals surface area contributed by atoms with Gasteiger partial charge in [-0.05, 0) is 5.56 Å². The molecule has 22 heavy (non-hydrogen) atoms. The van der Waals surface area contributed by atoms with Crippen LogP contribution < -0.4 is 5.32 Å². The number of rotatable bonds is 3. The summed E-state index contributed by atoms with van der Waals surface area (Å²) >= 11 is 0. The number of ether oxygens (including phenoxy) is 3. The van der Waals surface area contributed by atoms with Crippen LogP contribution in [0.25, 0.3) is 0 Å². The minimum absolute atomic E-state index is 0.201. The van der Waals surface area contributed by atoms with Gasteiger partial charge >= 0.3 is 12.1 Å². The van der Waals surface area contributed by atoms with E-state index in [0.29, 0.717) is 13.0 Å². The number of hydrogen-bond acceptors (Lipinski definition) is 5. The molecule has 1 aromatic rings. The number of esters is 1. The summed E-state index contributed by atoms with van der Waals surface area (Å²) in [5.74, 6) is -0.407. The molecule has 0 spiro atoms.